The quantitative estimate of drug-likeness (QED) is 0.570. The lowest BCUT2D eigenvalue weighted by molar-refractivity contribution is 0.774. The molecule has 0 bridgehead atoms. The Balaban J connectivity index is 2.03. The third-order valence-corrected chi connectivity index (χ3v) is 4.44. The van der Waals surface area contributed by atoms with E-state index < -0.39 is 6.02 Å². The summed E-state index contributed by atoms with van der Waals surface area (Å²) in [6.07, 6.45) is 0. The van der Waals surface area contributed by atoms with Crippen LogP contribution in [0, 0.1) is 0 Å². The van der Waals surface area contributed by atoms with Gasteiger partial charge in [0.1, 0.15) is 0 Å². The topological polar surface area (TPSA) is 3.24 Å². The maximum atomic E-state index is 9.33. The largest absolute Gasteiger partial charge is 0.363 e. The number of nitrogens with zero attached hydrogens (tertiary/aromatic N) is 1. The van der Waals surface area contributed by atoms with Crippen molar-refractivity contribution in [1.29, 1.82) is 0 Å². The van der Waals surface area contributed by atoms with Crippen molar-refractivity contribution in [3.05, 3.63) is 88.9 Å². The minimum absolute atomic E-state index is 0.685. The van der Waals surface area contributed by atoms with Crippen LogP contribution in [0.4, 0.5) is 5.69 Å². The molecule has 0 saturated heterocycles. The van der Waals surface area contributed by atoms with Gasteiger partial charge in [-0.2, -0.15) is 0 Å². The zero-order valence-corrected chi connectivity index (χ0v) is 13.0. The van der Waals surface area contributed by atoms with Gasteiger partial charge < -0.3 is 4.90 Å². The van der Waals surface area contributed by atoms with E-state index in [1.165, 1.54) is 5.56 Å². The van der Waals surface area contributed by atoms with Gasteiger partial charge in [0.05, 0.1) is 7.39 Å². The number of para-hydroxylation sites is 1. The average molecular weight is 307 g/mol. The van der Waals surface area contributed by atoms with Gasteiger partial charge in [-0.3, -0.25) is 0 Å². The highest BCUT2D eigenvalue weighted by Gasteiger charge is 2.29. The van der Waals surface area contributed by atoms with Crippen LogP contribution in [-0.4, -0.2) is 7.05 Å². The summed E-state index contributed by atoms with van der Waals surface area (Å²) < 4.78 is 9.33. The minimum atomic E-state index is -0.977. The van der Waals surface area contributed by atoms with Crippen molar-refractivity contribution in [2.75, 3.05) is 11.9 Å². The number of hydrogen-bond acceptors (Lipinski definition) is 1. The molecule has 108 valence electrons. The van der Waals surface area contributed by atoms with E-state index in [0.717, 1.165) is 22.4 Å². The highest BCUT2D eigenvalue weighted by atomic mass is 35.5. The molecule has 1 aliphatic heterocycles. The Bertz CT molecular complexity index is 875. The molecule has 0 aromatic heterocycles. The molecular weight excluding hydrogens is 290 g/mol. The predicted molar refractivity (Wildman–Crippen MR) is 93.6 cm³/mol. The molecule has 1 aliphatic rings. The Morgan fingerprint density at radius 2 is 1.50 bits per heavy atom. The molecule has 0 spiro atoms. The van der Waals surface area contributed by atoms with E-state index in [0.29, 0.717) is 5.02 Å². The van der Waals surface area contributed by atoms with Crippen molar-refractivity contribution in [2.24, 2.45) is 0 Å². The predicted octanol–water partition coefficient (Wildman–Crippen LogP) is 5.55. The van der Waals surface area contributed by atoms with Gasteiger partial charge >= 0.3 is 0 Å². The van der Waals surface area contributed by atoms with E-state index in [-0.39, 0.29) is 0 Å². The first-order chi connectivity index (χ1) is 11.1. The van der Waals surface area contributed by atoms with Crippen LogP contribution in [0.25, 0.3) is 11.1 Å². The number of rotatable bonds is 1. The summed E-state index contributed by atoms with van der Waals surface area (Å²) in [6, 6.07) is 23.0. The van der Waals surface area contributed by atoms with Gasteiger partial charge in [0.25, 0.3) is 0 Å². The number of benzene rings is 3. The van der Waals surface area contributed by atoms with Crippen molar-refractivity contribution in [1.82, 2.24) is 0 Å². The highest BCUT2D eigenvalue weighted by Crippen LogP contribution is 2.46. The van der Waals surface area contributed by atoms with Crippen LogP contribution in [0.5, 0.6) is 0 Å². The summed E-state index contributed by atoms with van der Waals surface area (Å²) in [6.45, 7) is 0. The number of hydrogen-bond donors (Lipinski definition) is 0. The molecule has 3 aromatic rings. The van der Waals surface area contributed by atoms with Gasteiger partial charge in [-0.25, -0.2) is 0 Å². The Kier molecular flexibility index (Phi) is 2.90. The lowest BCUT2D eigenvalue weighted by Crippen LogP contribution is -2.29. The van der Waals surface area contributed by atoms with Crippen LogP contribution in [-0.2, 0) is 0 Å². The van der Waals surface area contributed by atoms with Gasteiger partial charge in [0, 0.05) is 23.3 Å². The summed E-state index contributed by atoms with van der Waals surface area (Å²) >= 11 is 6.04. The molecule has 0 amide bonds. The normalized spacial score (nSPS) is 20.1. The summed E-state index contributed by atoms with van der Waals surface area (Å²) in [4.78, 5) is 2.04. The van der Waals surface area contributed by atoms with Crippen LogP contribution in [0.1, 0.15) is 18.5 Å². The van der Waals surface area contributed by atoms with Gasteiger partial charge in [-0.1, -0.05) is 66.2 Å². The van der Waals surface area contributed by atoms with Crippen molar-refractivity contribution >= 4 is 17.3 Å². The third kappa shape index (κ3) is 2.01. The highest BCUT2D eigenvalue weighted by molar-refractivity contribution is 6.30. The van der Waals surface area contributed by atoms with Crippen LogP contribution in [0.3, 0.4) is 0 Å². The summed E-state index contributed by atoms with van der Waals surface area (Å²) in [5, 5.41) is 0.685. The molecule has 0 radical (unpaired) electrons. The molecule has 1 atom stereocenters. The monoisotopic (exact) mass is 306 g/mol. The fraction of sp³-hybridized carbons (Fsp3) is 0.100. The SMILES string of the molecule is [2H]C1(c2ccc(Cl)cc2)c2ccccc2-c2ccccc2N1C. The summed E-state index contributed by atoms with van der Waals surface area (Å²) in [5.41, 5.74) is 5.25. The smallest absolute Gasteiger partial charge is 0.0798 e. The van der Waals surface area contributed by atoms with Crippen molar-refractivity contribution < 1.29 is 1.37 Å². The van der Waals surface area contributed by atoms with E-state index in [2.05, 4.69) is 18.2 Å². The Morgan fingerprint density at radius 1 is 0.864 bits per heavy atom. The second-order valence-electron chi connectivity index (χ2n) is 5.48. The average Bonchev–Trinajstić information content (AvgIpc) is 2.60. The first-order valence-corrected chi connectivity index (χ1v) is 7.69. The van der Waals surface area contributed by atoms with Gasteiger partial charge in [-0.05, 0) is 34.9 Å². The minimum Gasteiger partial charge on any atom is -0.363 e. The van der Waals surface area contributed by atoms with Crippen LogP contribution < -0.4 is 4.90 Å². The molecule has 1 heterocycles. The summed E-state index contributed by atoms with van der Waals surface area (Å²) in [5.74, 6) is 0. The molecule has 0 aliphatic carbocycles. The molecule has 1 unspecified atom stereocenters. The van der Waals surface area contributed by atoms with Gasteiger partial charge in [0.2, 0.25) is 0 Å². The van der Waals surface area contributed by atoms with E-state index >= 15 is 0 Å². The van der Waals surface area contributed by atoms with Crippen LogP contribution in [0.2, 0.25) is 5.02 Å². The molecule has 1 nitrogen and oxygen atoms in total. The lowest BCUT2D eigenvalue weighted by atomic mass is 9.85. The van der Waals surface area contributed by atoms with Crippen molar-refractivity contribution in [2.45, 2.75) is 6.02 Å². The van der Waals surface area contributed by atoms with Crippen LogP contribution in [0.15, 0.2) is 72.8 Å². The van der Waals surface area contributed by atoms with E-state index in [1.54, 1.807) is 0 Å². The van der Waals surface area contributed by atoms with E-state index in [4.69, 9.17) is 11.6 Å². The van der Waals surface area contributed by atoms with Gasteiger partial charge in [0.15, 0.2) is 0 Å². The van der Waals surface area contributed by atoms with E-state index in [9.17, 15) is 1.37 Å². The second kappa shape index (κ2) is 5.19. The second-order valence-corrected chi connectivity index (χ2v) is 5.91. The number of halogens is 1. The molecular formula is C20H16ClN. The Labute approximate surface area is 137 Å². The molecule has 22 heavy (non-hydrogen) atoms. The molecule has 4 rings (SSSR count). The van der Waals surface area contributed by atoms with Crippen molar-refractivity contribution in [3.63, 3.8) is 0 Å². The Morgan fingerprint density at radius 3 is 2.27 bits per heavy atom. The fourth-order valence-corrected chi connectivity index (χ4v) is 3.30. The zero-order valence-electron chi connectivity index (χ0n) is 13.3. The summed E-state index contributed by atoms with van der Waals surface area (Å²) in [7, 11) is 1.98. The maximum Gasteiger partial charge on any atom is 0.0798 e. The molecule has 0 fully saturated rings. The number of anilines is 1. The first-order valence-electron chi connectivity index (χ1n) is 7.81. The van der Waals surface area contributed by atoms with E-state index in [1.807, 2.05) is 66.5 Å². The van der Waals surface area contributed by atoms with Crippen molar-refractivity contribution in [3.8, 4) is 11.1 Å². The lowest BCUT2D eigenvalue weighted by Gasteiger charge is -2.38. The Hall–Kier alpha value is -2.25. The van der Waals surface area contributed by atoms with Gasteiger partial charge in [-0.15, -0.1) is 0 Å². The first kappa shape index (κ1) is 12.3. The molecule has 3 aromatic carbocycles. The number of fused-ring (bicyclic) bond motifs is 3. The van der Waals surface area contributed by atoms with Crippen LogP contribution >= 0.6 is 11.6 Å². The third-order valence-electron chi connectivity index (χ3n) is 4.19. The molecule has 0 saturated carbocycles. The standard InChI is InChI=1S/C20H16ClN/c1-22-19-9-5-4-7-17(19)16-6-2-3-8-18(16)20(22)14-10-12-15(21)13-11-14/h2-13,20H,1H3/i20D. The maximum absolute atomic E-state index is 9.33. The zero-order chi connectivity index (χ0) is 16.0. The molecule has 0 N–H and O–H groups in total. The molecule has 2 heteroatoms. The fourth-order valence-electron chi connectivity index (χ4n) is 3.18.